The van der Waals surface area contributed by atoms with Gasteiger partial charge in [-0.2, -0.15) is 5.10 Å². The molecule has 0 unspecified atom stereocenters. The lowest BCUT2D eigenvalue weighted by Crippen LogP contribution is -2.17. The van der Waals surface area contributed by atoms with Gasteiger partial charge in [0.05, 0.1) is 6.21 Å². The van der Waals surface area contributed by atoms with E-state index in [1.54, 1.807) is 18.0 Å². The first kappa shape index (κ1) is 15.4. The number of hydrazone groups is 1. The minimum Gasteiger partial charge on any atom is -0.451 e. The number of benzene rings is 2. The molecule has 3 rings (SSSR count). The van der Waals surface area contributed by atoms with Gasteiger partial charge < -0.3 is 4.42 Å². The van der Waals surface area contributed by atoms with E-state index in [1.165, 1.54) is 4.90 Å². The highest BCUT2D eigenvalue weighted by Crippen LogP contribution is 2.24. The number of fused-ring (bicyclic) bond motifs is 1. The normalized spacial score (nSPS) is 11.2. The lowest BCUT2D eigenvalue weighted by molar-refractivity contribution is 0.0929. The quantitative estimate of drug-likeness (QED) is 0.444. The minimum absolute atomic E-state index is 0.293. The van der Waals surface area contributed by atoms with Crippen molar-refractivity contribution in [3.63, 3.8) is 0 Å². The van der Waals surface area contributed by atoms with Gasteiger partial charge in [-0.25, -0.2) is 5.43 Å². The molecule has 0 bridgehead atoms. The number of carbonyl (C=O) groups is 1. The molecule has 0 aliphatic heterocycles. The molecule has 0 aliphatic rings. The van der Waals surface area contributed by atoms with Gasteiger partial charge in [-0.3, -0.25) is 4.79 Å². The molecular weight excluding hydrogens is 308 g/mol. The predicted octanol–water partition coefficient (Wildman–Crippen LogP) is 4.23. The van der Waals surface area contributed by atoms with Crippen LogP contribution in [0.15, 0.2) is 62.9 Å². The monoisotopic (exact) mass is 324 g/mol. The molecule has 1 heterocycles. The van der Waals surface area contributed by atoms with Crippen molar-refractivity contribution >= 4 is 34.9 Å². The van der Waals surface area contributed by atoms with Crippen LogP contribution in [0.3, 0.4) is 0 Å². The standard InChI is InChI=1S/C18H16N2O2S/c1-12-15-5-3-4-6-16(15)22-17(12)18(21)20-19-11-13-7-9-14(23-2)10-8-13/h3-11H,1-2H3,(H,20,21)/b19-11-. The van der Waals surface area contributed by atoms with Crippen molar-refractivity contribution in [3.05, 3.63) is 65.4 Å². The Morgan fingerprint density at radius 3 is 2.61 bits per heavy atom. The third-order valence-electron chi connectivity index (χ3n) is 3.55. The van der Waals surface area contributed by atoms with E-state index in [0.717, 1.165) is 16.5 Å². The molecule has 0 atom stereocenters. The Kier molecular flexibility index (Phi) is 4.48. The van der Waals surface area contributed by atoms with Crippen molar-refractivity contribution in [1.82, 2.24) is 5.43 Å². The number of aryl methyl sites for hydroxylation is 1. The number of rotatable bonds is 4. The molecule has 23 heavy (non-hydrogen) atoms. The highest BCUT2D eigenvalue weighted by Gasteiger charge is 2.16. The molecule has 116 valence electrons. The molecule has 1 amide bonds. The van der Waals surface area contributed by atoms with E-state index in [2.05, 4.69) is 10.5 Å². The van der Waals surface area contributed by atoms with E-state index in [1.807, 2.05) is 61.7 Å². The van der Waals surface area contributed by atoms with Gasteiger partial charge in [-0.15, -0.1) is 11.8 Å². The van der Waals surface area contributed by atoms with Crippen molar-refractivity contribution in [3.8, 4) is 0 Å². The summed E-state index contributed by atoms with van der Waals surface area (Å²) in [5, 5.41) is 4.93. The van der Waals surface area contributed by atoms with Crippen molar-refractivity contribution < 1.29 is 9.21 Å². The number of para-hydroxylation sites is 1. The van der Waals surface area contributed by atoms with Crippen LogP contribution in [-0.2, 0) is 0 Å². The third-order valence-corrected chi connectivity index (χ3v) is 4.29. The number of furan rings is 1. The Balaban J connectivity index is 1.72. The highest BCUT2D eigenvalue weighted by molar-refractivity contribution is 7.98. The number of nitrogens with zero attached hydrogens (tertiary/aromatic N) is 1. The van der Waals surface area contributed by atoms with E-state index in [0.29, 0.717) is 11.3 Å². The Morgan fingerprint density at radius 1 is 1.17 bits per heavy atom. The summed E-state index contributed by atoms with van der Waals surface area (Å²) in [5.41, 5.74) is 4.95. The first-order valence-electron chi connectivity index (χ1n) is 7.14. The molecule has 5 heteroatoms. The van der Waals surface area contributed by atoms with Gasteiger partial charge in [0.2, 0.25) is 0 Å². The van der Waals surface area contributed by atoms with E-state index in [-0.39, 0.29) is 5.91 Å². The lowest BCUT2D eigenvalue weighted by atomic mass is 10.1. The molecule has 1 N–H and O–H groups in total. The van der Waals surface area contributed by atoms with Gasteiger partial charge in [0, 0.05) is 15.8 Å². The number of amides is 1. The summed E-state index contributed by atoms with van der Waals surface area (Å²) in [6.07, 6.45) is 3.64. The molecule has 2 aromatic carbocycles. The third kappa shape index (κ3) is 3.29. The van der Waals surface area contributed by atoms with Gasteiger partial charge >= 0.3 is 5.91 Å². The fourth-order valence-electron chi connectivity index (χ4n) is 2.30. The van der Waals surface area contributed by atoms with Gasteiger partial charge in [-0.05, 0) is 36.9 Å². The molecular formula is C18H16N2O2S. The van der Waals surface area contributed by atoms with Crippen LogP contribution in [0.1, 0.15) is 21.7 Å². The summed E-state index contributed by atoms with van der Waals surface area (Å²) in [7, 11) is 0. The summed E-state index contributed by atoms with van der Waals surface area (Å²) in [5.74, 6) is -0.0586. The molecule has 1 aromatic heterocycles. The zero-order valence-corrected chi connectivity index (χ0v) is 13.7. The van der Waals surface area contributed by atoms with E-state index < -0.39 is 0 Å². The first-order valence-corrected chi connectivity index (χ1v) is 8.37. The number of thioether (sulfide) groups is 1. The Hall–Kier alpha value is -2.53. The first-order chi connectivity index (χ1) is 11.2. The maximum atomic E-state index is 12.2. The molecule has 0 saturated heterocycles. The lowest BCUT2D eigenvalue weighted by Gasteiger charge is -1.98. The Labute approximate surface area is 138 Å². The predicted molar refractivity (Wildman–Crippen MR) is 94.2 cm³/mol. The molecule has 0 radical (unpaired) electrons. The van der Waals surface area contributed by atoms with Crippen molar-refractivity contribution in [2.24, 2.45) is 5.10 Å². The topological polar surface area (TPSA) is 54.6 Å². The molecule has 0 spiro atoms. The van der Waals surface area contributed by atoms with E-state index >= 15 is 0 Å². The highest BCUT2D eigenvalue weighted by atomic mass is 32.2. The molecule has 3 aromatic rings. The van der Waals surface area contributed by atoms with Crippen LogP contribution in [0.25, 0.3) is 11.0 Å². The van der Waals surface area contributed by atoms with Gasteiger partial charge in [0.1, 0.15) is 5.58 Å². The second-order valence-electron chi connectivity index (χ2n) is 5.02. The van der Waals surface area contributed by atoms with Crippen LogP contribution >= 0.6 is 11.8 Å². The average molecular weight is 324 g/mol. The van der Waals surface area contributed by atoms with Crippen LogP contribution < -0.4 is 5.43 Å². The molecule has 0 saturated carbocycles. The molecule has 4 nitrogen and oxygen atoms in total. The zero-order chi connectivity index (χ0) is 16.2. The van der Waals surface area contributed by atoms with Crippen LogP contribution in [0.5, 0.6) is 0 Å². The largest absolute Gasteiger partial charge is 0.451 e. The van der Waals surface area contributed by atoms with Gasteiger partial charge in [0.25, 0.3) is 0 Å². The van der Waals surface area contributed by atoms with E-state index in [4.69, 9.17) is 4.42 Å². The van der Waals surface area contributed by atoms with Crippen LogP contribution in [0, 0.1) is 6.92 Å². The second kappa shape index (κ2) is 6.71. The van der Waals surface area contributed by atoms with Crippen molar-refractivity contribution in [2.75, 3.05) is 6.26 Å². The Morgan fingerprint density at radius 2 is 1.91 bits per heavy atom. The zero-order valence-electron chi connectivity index (χ0n) is 12.9. The van der Waals surface area contributed by atoms with Crippen LogP contribution in [0.2, 0.25) is 0 Å². The minimum atomic E-state index is -0.351. The van der Waals surface area contributed by atoms with E-state index in [9.17, 15) is 4.79 Å². The summed E-state index contributed by atoms with van der Waals surface area (Å²) >= 11 is 1.68. The average Bonchev–Trinajstić information content (AvgIpc) is 2.93. The fourth-order valence-corrected chi connectivity index (χ4v) is 2.71. The van der Waals surface area contributed by atoms with Gasteiger partial charge in [-0.1, -0.05) is 30.3 Å². The number of nitrogens with one attached hydrogen (secondary N) is 1. The summed E-state index contributed by atoms with van der Waals surface area (Å²) in [6.45, 7) is 1.87. The summed E-state index contributed by atoms with van der Waals surface area (Å²) < 4.78 is 5.60. The summed E-state index contributed by atoms with van der Waals surface area (Å²) in [4.78, 5) is 13.4. The van der Waals surface area contributed by atoms with Crippen molar-refractivity contribution in [1.29, 1.82) is 0 Å². The number of hydrogen-bond acceptors (Lipinski definition) is 4. The molecule has 0 aliphatic carbocycles. The van der Waals surface area contributed by atoms with Gasteiger partial charge in [0.15, 0.2) is 5.76 Å². The SMILES string of the molecule is CSc1ccc(/C=N\NC(=O)c2oc3ccccc3c2C)cc1. The molecule has 0 fully saturated rings. The fraction of sp³-hybridized carbons (Fsp3) is 0.111. The Bertz CT molecular complexity index is 866. The maximum absolute atomic E-state index is 12.2. The number of carbonyl (C=O) groups excluding carboxylic acids is 1. The second-order valence-corrected chi connectivity index (χ2v) is 5.90. The van der Waals surface area contributed by atoms with Crippen LogP contribution in [-0.4, -0.2) is 18.4 Å². The maximum Gasteiger partial charge on any atom is 0.307 e. The number of hydrogen-bond donors (Lipinski definition) is 1. The van der Waals surface area contributed by atoms with Crippen LogP contribution in [0.4, 0.5) is 0 Å². The smallest absolute Gasteiger partial charge is 0.307 e. The van der Waals surface area contributed by atoms with Crippen molar-refractivity contribution in [2.45, 2.75) is 11.8 Å². The summed E-state index contributed by atoms with van der Waals surface area (Å²) in [6, 6.07) is 15.5.